The van der Waals surface area contributed by atoms with Gasteiger partial charge in [0.1, 0.15) is 0 Å². The third-order valence-electron chi connectivity index (χ3n) is 4.83. The van der Waals surface area contributed by atoms with Crippen LogP contribution >= 0.6 is 0 Å². The van der Waals surface area contributed by atoms with E-state index in [0.717, 1.165) is 38.8 Å². The van der Waals surface area contributed by atoms with Crippen molar-refractivity contribution in [3.63, 3.8) is 0 Å². The number of likely N-dealkylation sites (tertiary alicyclic amines) is 1. The van der Waals surface area contributed by atoms with Gasteiger partial charge in [0.15, 0.2) is 0 Å². The van der Waals surface area contributed by atoms with Crippen molar-refractivity contribution in [3.05, 3.63) is 0 Å². The van der Waals surface area contributed by atoms with Crippen LogP contribution in [0.3, 0.4) is 0 Å². The smallest absolute Gasteiger partial charge is 0.226 e. The van der Waals surface area contributed by atoms with Gasteiger partial charge in [0.25, 0.3) is 0 Å². The van der Waals surface area contributed by atoms with Crippen LogP contribution in [0, 0.1) is 11.8 Å². The summed E-state index contributed by atoms with van der Waals surface area (Å²) < 4.78 is 0. The van der Waals surface area contributed by atoms with E-state index in [2.05, 4.69) is 18.7 Å². The first-order valence-electron chi connectivity index (χ1n) is 8.19. The molecule has 4 heteroatoms. The maximum atomic E-state index is 12.7. The second kappa shape index (κ2) is 5.38. The highest BCUT2D eigenvalue weighted by molar-refractivity contribution is 5.82. The van der Waals surface area contributed by atoms with E-state index in [-0.39, 0.29) is 5.92 Å². The lowest BCUT2D eigenvalue weighted by Gasteiger charge is -2.36. The van der Waals surface area contributed by atoms with Crippen LogP contribution in [0.4, 0.5) is 0 Å². The molecule has 3 rings (SSSR count). The molecular formula is C16H26N2O2. The van der Waals surface area contributed by atoms with Crippen LogP contribution in [-0.2, 0) is 9.59 Å². The van der Waals surface area contributed by atoms with Crippen LogP contribution in [-0.4, -0.2) is 46.8 Å². The van der Waals surface area contributed by atoms with Gasteiger partial charge in [0.05, 0.1) is 0 Å². The van der Waals surface area contributed by atoms with E-state index in [9.17, 15) is 9.59 Å². The molecule has 0 atom stereocenters. The quantitative estimate of drug-likeness (QED) is 0.789. The Hall–Kier alpha value is -1.06. The minimum atomic E-state index is 0.140. The Balaban J connectivity index is 1.54. The van der Waals surface area contributed by atoms with Crippen molar-refractivity contribution in [1.29, 1.82) is 0 Å². The Kier molecular flexibility index (Phi) is 3.74. The maximum absolute atomic E-state index is 12.7. The second-order valence-electron chi connectivity index (χ2n) is 6.94. The van der Waals surface area contributed by atoms with E-state index in [4.69, 9.17) is 0 Å². The van der Waals surface area contributed by atoms with Crippen molar-refractivity contribution in [2.45, 2.75) is 64.5 Å². The molecule has 0 aromatic carbocycles. The molecule has 1 aliphatic heterocycles. The number of nitrogens with zero attached hydrogens (tertiary/aromatic N) is 2. The van der Waals surface area contributed by atoms with Crippen LogP contribution in [0.1, 0.15) is 52.4 Å². The summed E-state index contributed by atoms with van der Waals surface area (Å²) in [6.45, 7) is 5.79. The van der Waals surface area contributed by atoms with Gasteiger partial charge in [-0.3, -0.25) is 9.59 Å². The van der Waals surface area contributed by atoms with Gasteiger partial charge in [-0.15, -0.1) is 0 Å². The standard InChI is InChI=1S/C16H26N2O2/c1-11(2)18(14-5-6-14)16(20)13-7-9-17(10-8-13)15(19)12-3-4-12/h11-14H,3-10H2,1-2H3. The van der Waals surface area contributed by atoms with Crippen LogP contribution in [0.15, 0.2) is 0 Å². The summed E-state index contributed by atoms with van der Waals surface area (Å²) in [5.41, 5.74) is 0. The Morgan fingerprint density at radius 1 is 0.950 bits per heavy atom. The van der Waals surface area contributed by atoms with E-state index >= 15 is 0 Å². The number of carbonyl (C=O) groups excluding carboxylic acids is 2. The Labute approximate surface area is 121 Å². The number of hydrogen-bond acceptors (Lipinski definition) is 2. The van der Waals surface area contributed by atoms with Crippen molar-refractivity contribution in [3.8, 4) is 0 Å². The maximum Gasteiger partial charge on any atom is 0.226 e. The molecule has 112 valence electrons. The lowest BCUT2D eigenvalue weighted by Crippen LogP contribution is -2.47. The zero-order chi connectivity index (χ0) is 14.3. The van der Waals surface area contributed by atoms with Crippen LogP contribution < -0.4 is 0 Å². The summed E-state index contributed by atoms with van der Waals surface area (Å²) in [6, 6.07) is 0.801. The number of amides is 2. The monoisotopic (exact) mass is 278 g/mol. The Morgan fingerprint density at radius 2 is 1.55 bits per heavy atom. The molecule has 3 fully saturated rings. The van der Waals surface area contributed by atoms with Gasteiger partial charge < -0.3 is 9.80 Å². The highest BCUT2D eigenvalue weighted by Gasteiger charge is 2.40. The summed E-state index contributed by atoms with van der Waals surface area (Å²) >= 11 is 0. The fourth-order valence-corrected chi connectivity index (χ4v) is 3.35. The molecule has 1 saturated heterocycles. The molecule has 0 N–H and O–H groups in total. The SMILES string of the molecule is CC(C)N(C(=O)C1CCN(C(=O)C2CC2)CC1)C1CC1. The van der Waals surface area contributed by atoms with Crippen molar-refractivity contribution in [2.24, 2.45) is 11.8 Å². The van der Waals surface area contributed by atoms with Gasteiger partial charge in [-0.25, -0.2) is 0 Å². The van der Waals surface area contributed by atoms with E-state index in [0.29, 0.717) is 29.8 Å². The van der Waals surface area contributed by atoms with Gasteiger partial charge in [0.2, 0.25) is 11.8 Å². The number of hydrogen-bond donors (Lipinski definition) is 0. The number of rotatable bonds is 4. The zero-order valence-electron chi connectivity index (χ0n) is 12.7. The highest BCUT2D eigenvalue weighted by Crippen LogP contribution is 2.34. The molecule has 0 aromatic rings. The third-order valence-corrected chi connectivity index (χ3v) is 4.83. The predicted molar refractivity (Wildman–Crippen MR) is 77.0 cm³/mol. The minimum absolute atomic E-state index is 0.140. The van der Waals surface area contributed by atoms with Crippen molar-refractivity contribution in [1.82, 2.24) is 9.80 Å². The summed E-state index contributed by atoms with van der Waals surface area (Å²) in [5.74, 6) is 1.11. The molecule has 0 aromatic heterocycles. The van der Waals surface area contributed by atoms with Gasteiger partial charge in [-0.2, -0.15) is 0 Å². The zero-order valence-corrected chi connectivity index (χ0v) is 12.7. The van der Waals surface area contributed by atoms with Crippen molar-refractivity contribution < 1.29 is 9.59 Å². The molecule has 4 nitrogen and oxygen atoms in total. The third kappa shape index (κ3) is 2.84. The van der Waals surface area contributed by atoms with E-state index in [1.165, 1.54) is 12.8 Å². The largest absolute Gasteiger partial charge is 0.342 e. The average Bonchev–Trinajstić information content (AvgIpc) is 3.29. The average molecular weight is 278 g/mol. The van der Waals surface area contributed by atoms with Crippen LogP contribution in [0.5, 0.6) is 0 Å². The van der Waals surface area contributed by atoms with Crippen molar-refractivity contribution >= 4 is 11.8 Å². The molecule has 0 radical (unpaired) electrons. The van der Waals surface area contributed by atoms with Crippen molar-refractivity contribution in [2.75, 3.05) is 13.1 Å². The van der Waals surface area contributed by atoms with Gasteiger partial charge in [-0.1, -0.05) is 0 Å². The van der Waals surface area contributed by atoms with Crippen LogP contribution in [0.2, 0.25) is 0 Å². The summed E-state index contributed by atoms with van der Waals surface area (Å²) in [4.78, 5) is 28.8. The molecule has 20 heavy (non-hydrogen) atoms. The molecule has 0 unspecified atom stereocenters. The van der Waals surface area contributed by atoms with Gasteiger partial charge in [0, 0.05) is 37.0 Å². The summed E-state index contributed by atoms with van der Waals surface area (Å²) in [5, 5.41) is 0. The summed E-state index contributed by atoms with van der Waals surface area (Å²) in [6.07, 6.45) is 6.19. The predicted octanol–water partition coefficient (Wildman–Crippen LogP) is 2.03. The summed E-state index contributed by atoms with van der Waals surface area (Å²) in [7, 11) is 0. The topological polar surface area (TPSA) is 40.6 Å². The molecule has 2 aliphatic carbocycles. The first kappa shape index (κ1) is 13.9. The molecular weight excluding hydrogens is 252 g/mol. The Bertz CT molecular complexity index is 389. The Morgan fingerprint density at radius 3 is 2.00 bits per heavy atom. The molecule has 0 spiro atoms. The lowest BCUT2D eigenvalue weighted by atomic mass is 9.94. The molecule has 2 saturated carbocycles. The highest BCUT2D eigenvalue weighted by atomic mass is 16.2. The molecule has 0 bridgehead atoms. The van der Waals surface area contributed by atoms with Gasteiger partial charge >= 0.3 is 0 Å². The van der Waals surface area contributed by atoms with E-state index in [1.54, 1.807) is 0 Å². The van der Waals surface area contributed by atoms with E-state index < -0.39 is 0 Å². The second-order valence-corrected chi connectivity index (χ2v) is 6.94. The van der Waals surface area contributed by atoms with Gasteiger partial charge in [-0.05, 0) is 52.4 Å². The minimum Gasteiger partial charge on any atom is -0.342 e. The van der Waals surface area contributed by atoms with Crippen LogP contribution in [0.25, 0.3) is 0 Å². The molecule has 1 heterocycles. The number of carbonyl (C=O) groups is 2. The first-order chi connectivity index (χ1) is 9.58. The molecule has 3 aliphatic rings. The normalized spacial score (nSPS) is 24.1. The first-order valence-corrected chi connectivity index (χ1v) is 8.19. The fraction of sp³-hybridized carbons (Fsp3) is 0.875. The lowest BCUT2D eigenvalue weighted by molar-refractivity contribution is -0.143. The van der Waals surface area contributed by atoms with E-state index in [1.807, 2.05) is 4.90 Å². The molecule has 2 amide bonds. The fourth-order valence-electron chi connectivity index (χ4n) is 3.35. The number of piperidine rings is 1.